The van der Waals surface area contributed by atoms with Crippen LogP contribution in [0.25, 0.3) is 0 Å². The molecule has 0 bridgehead atoms. The van der Waals surface area contributed by atoms with Crippen molar-refractivity contribution in [1.82, 2.24) is 0 Å². The van der Waals surface area contributed by atoms with Crippen LogP contribution in [0.1, 0.15) is 58.2 Å². The quantitative estimate of drug-likeness (QED) is 0.786. The molecule has 1 aromatic carbocycles. The summed E-state index contributed by atoms with van der Waals surface area (Å²) in [5.74, 6) is -0.0884. The Bertz CT molecular complexity index is 891. The van der Waals surface area contributed by atoms with Crippen molar-refractivity contribution in [2.45, 2.75) is 61.8 Å². The van der Waals surface area contributed by atoms with Crippen LogP contribution in [-0.4, -0.2) is 33.7 Å². The lowest BCUT2D eigenvalue weighted by atomic mass is 9.93. The molecule has 1 aliphatic heterocycles. The molecule has 0 aromatic heterocycles. The third kappa shape index (κ3) is 4.99. The van der Waals surface area contributed by atoms with Crippen molar-refractivity contribution >= 4 is 33.0 Å². The van der Waals surface area contributed by atoms with E-state index in [1.165, 1.54) is 0 Å². The SMILES string of the molecule is Cc1c2c(c(NC(=O)C(C)(C)C)c(C)c1NS(C)(=O)=O)N(CC(C)(C)C)CC2. The molecule has 0 saturated heterocycles. The summed E-state index contributed by atoms with van der Waals surface area (Å²) in [6, 6.07) is 0. The van der Waals surface area contributed by atoms with Crippen LogP contribution in [0.2, 0.25) is 0 Å². The number of anilines is 3. The Hall–Kier alpha value is -1.76. The predicted octanol–water partition coefficient (Wildman–Crippen LogP) is 4.07. The van der Waals surface area contributed by atoms with Gasteiger partial charge in [-0.2, -0.15) is 0 Å². The monoisotopic (exact) mass is 409 g/mol. The van der Waals surface area contributed by atoms with Crippen LogP contribution < -0.4 is 14.9 Å². The molecular formula is C21H35N3O3S. The van der Waals surface area contributed by atoms with E-state index in [0.29, 0.717) is 11.4 Å². The van der Waals surface area contributed by atoms with Gasteiger partial charge in [-0.3, -0.25) is 9.52 Å². The van der Waals surface area contributed by atoms with Gasteiger partial charge in [0.2, 0.25) is 15.9 Å². The van der Waals surface area contributed by atoms with Gasteiger partial charge in [-0.05, 0) is 42.4 Å². The van der Waals surface area contributed by atoms with E-state index in [9.17, 15) is 13.2 Å². The Morgan fingerprint density at radius 1 is 1.04 bits per heavy atom. The minimum atomic E-state index is -3.43. The van der Waals surface area contributed by atoms with Gasteiger partial charge < -0.3 is 10.2 Å². The first kappa shape index (κ1) is 22.5. The molecule has 28 heavy (non-hydrogen) atoms. The van der Waals surface area contributed by atoms with Crippen molar-refractivity contribution < 1.29 is 13.2 Å². The molecule has 0 atom stereocenters. The van der Waals surface area contributed by atoms with Gasteiger partial charge >= 0.3 is 0 Å². The highest BCUT2D eigenvalue weighted by Crippen LogP contribution is 2.46. The van der Waals surface area contributed by atoms with E-state index in [-0.39, 0.29) is 11.3 Å². The van der Waals surface area contributed by atoms with Crippen LogP contribution in [0.15, 0.2) is 0 Å². The van der Waals surface area contributed by atoms with Gasteiger partial charge in [-0.25, -0.2) is 8.42 Å². The number of nitrogens with one attached hydrogen (secondary N) is 2. The van der Waals surface area contributed by atoms with Gasteiger partial charge in [0, 0.05) is 18.5 Å². The predicted molar refractivity (Wildman–Crippen MR) is 118 cm³/mol. The summed E-state index contributed by atoms with van der Waals surface area (Å²) in [4.78, 5) is 15.1. The van der Waals surface area contributed by atoms with E-state index in [0.717, 1.165) is 48.1 Å². The Labute approximate surface area is 170 Å². The van der Waals surface area contributed by atoms with Crippen LogP contribution in [-0.2, 0) is 21.2 Å². The first-order valence-electron chi connectivity index (χ1n) is 9.71. The maximum atomic E-state index is 12.8. The second kappa shape index (κ2) is 7.25. The summed E-state index contributed by atoms with van der Waals surface area (Å²) < 4.78 is 26.5. The average molecular weight is 410 g/mol. The van der Waals surface area contributed by atoms with Gasteiger partial charge in [0.15, 0.2) is 0 Å². The smallest absolute Gasteiger partial charge is 0.229 e. The molecule has 0 spiro atoms. The number of nitrogens with zero attached hydrogens (tertiary/aromatic N) is 1. The highest BCUT2D eigenvalue weighted by molar-refractivity contribution is 7.92. The van der Waals surface area contributed by atoms with Crippen molar-refractivity contribution in [1.29, 1.82) is 0 Å². The number of hydrogen-bond acceptors (Lipinski definition) is 4. The molecule has 1 heterocycles. The molecule has 2 rings (SSSR count). The van der Waals surface area contributed by atoms with Crippen LogP contribution in [0.4, 0.5) is 17.1 Å². The fraction of sp³-hybridized carbons (Fsp3) is 0.667. The molecule has 1 amide bonds. The van der Waals surface area contributed by atoms with E-state index >= 15 is 0 Å². The third-order valence-electron chi connectivity index (χ3n) is 4.92. The molecule has 1 aliphatic rings. The van der Waals surface area contributed by atoms with E-state index < -0.39 is 15.4 Å². The zero-order valence-corrected chi connectivity index (χ0v) is 19.5. The maximum Gasteiger partial charge on any atom is 0.229 e. The average Bonchev–Trinajstić information content (AvgIpc) is 2.87. The van der Waals surface area contributed by atoms with E-state index in [4.69, 9.17) is 0 Å². The molecule has 1 aromatic rings. The van der Waals surface area contributed by atoms with Crippen molar-refractivity contribution in [3.8, 4) is 0 Å². The van der Waals surface area contributed by atoms with Gasteiger partial charge in [0.25, 0.3) is 0 Å². The van der Waals surface area contributed by atoms with Crippen LogP contribution in [0.5, 0.6) is 0 Å². The van der Waals surface area contributed by atoms with Gasteiger partial charge in [0.1, 0.15) is 0 Å². The minimum absolute atomic E-state index is 0.0884. The molecule has 0 radical (unpaired) electrons. The Kier molecular flexibility index (Phi) is 5.83. The standard InChI is InChI=1S/C21H35N3O3S/c1-13-15-10-11-24(12-20(3,4)5)18(15)17(22-19(25)21(6,7)8)14(2)16(13)23-28(9,26)27/h23H,10-12H2,1-9H3,(H,22,25). The molecule has 0 saturated carbocycles. The molecule has 158 valence electrons. The fourth-order valence-electron chi connectivity index (χ4n) is 3.60. The van der Waals surface area contributed by atoms with E-state index in [1.807, 2.05) is 34.6 Å². The lowest BCUT2D eigenvalue weighted by Gasteiger charge is -2.32. The van der Waals surface area contributed by atoms with E-state index in [1.54, 1.807) is 0 Å². The number of sulfonamides is 1. The van der Waals surface area contributed by atoms with Gasteiger partial charge in [-0.1, -0.05) is 41.5 Å². The molecule has 0 aliphatic carbocycles. The van der Waals surface area contributed by atoms with E-state index in [2.05, 4.69) is 35.7 Å². The Morgan fingerprint density at radius 2 is 1.61 bits per heavy atom. The summed E-state index contributed by atoms with van der Waals surface area (Å²) in [5.41, 5.74) is 4.65. The zero-order chi connectivity index (χ0) is 21.7. The molecule has 2 N–H and O–H groups in total. The molecule has 6 nitrogen and oxygen atoms in total. The lowest BCUT2D eigenvalue weighted by Crippen LogP contribution is -2.33. The van der Waals surface area contributed by atoms with Crippen molar-refractivity contribution in [3.05, 3.63) is 16.7 Å². The zero-order valence-electron chi connectivity index (χ0n) is 18.7. The Balaban J connectivity index is 2.70. The third-order valence-corrected chi connectivity index (χ3v) is 5.50. The normalized spacial score (nSPS) is 14.8. The number of carbonyl (C=O) groups is 1. The largest absolute Gasteiger partial charge is 0.369 e. The molecule has 0 unspecified atom stereocenters. The number of carbonyl (C=O) groups excluding carboxylic acids is 1. The first-order chi connectivity index (χ1) is 12.5. The summed E-state index contributed by atoms with van der Waals surface area (Å²) in [7, 11) is -3.43. The highest BCUT2D eigenvalue weighted by atomic mass is 32.2. The minimum Gasteiger partial charge on any atom is -0.369 e. The van der Waals surface area contributed by atoms with Gasteiger partial charge in [-0.15, -0.1) is 0 Å². The second-order valence-electron chi connectivity index (χ2n) is 10.1. The highest BCUT2D eigenvalue weighted by Gasteiger charge is 2.33. The number of amides is 1. The number of rotatable bonds is 4. The molecule has 7 heteroatoms. The summed E-state index contributed by atoms with van der Waals surface area (Å²) in [5, 5.41) is 3.10. The van der Waals surface area contributed by atoms with Crippen molar-refractivity contribution in [3.63, 3.8) is 0 Å². The first-order valence-corrected chi connectivity index (χ1v) is 11.6. The lowest BCUT2D eigenvalue weighted by molar-refractivity contribution is -0.123. The number of fused-ring (bicyclic) bond motifs is 1. The summed E-state index contributed by atoms with van der Waals surface area (Å²) >= 11 is 0. The molecular weight excluding hydrogens is 374 g/mol. The van der Waals surface area contributed by atoms with Crippen molar-refractivity contribution in [2.24, 2.45) is 10.8 Å². The van der Waals surface area contributed by atoms with Gasteiger partial charge in [0.05, 0.1) is 23.3 Å². The molecule has 0 fully saturated rings. The maximum absolute atomic E-state index is 12.8. The Morgan fingerprint density at radius 3 is 2.07 bits per heavy atom. The number of benzene rings is 1. The number of hydrogen-bond donors (Lipinski definition) is 2. The van der Waals surface area contributed by atoms with Crippen LogP contribution >= 0.6 is 0 Å². The van der Waals surface area contributed by atoms with Crippen LogP contribution in [0, 0.1) is 24.7 Å². The van der Waals surface area contributed by atoms with Crippen molar-refractivity contribution in [2.75, 3.05) is 34.3 Å². The fourth-order valence-corrected chi connectivity index (χ4v) is 4.28. The second-order valence-corrected chi connectivity index (χ2v) is 11.9. The summed E-state index contributed by atoms with van der Waals surface area (Å²) in [6.07, 6.45) is 1.98. The topological polar surface area (TPSA) is 78.5 Å². The van der Waals surface area contributed by atoms with Crippen LogP contribution in [0.3, 0.4) is 0 Å². The summed E-state index contributed by atoms with van der Waals surface area (Å²) in [6.45, 7) is 17.7.